The molecule has 2 aliphatic rings. The topological polar surface area (TPSA) is 58.5 Å². The van der Waals surface area contributed by atoms with Crippen LogP contribution in [0.3, 0.4) is 0 Å². The molecule has 20 heavy (non-hydrogen) atoms. The number of hydrogen-bond donors (Lipinski definition) is 1. The van der Waals surface area contributed by atoms with Gasteiger partial charge in [0.25, 0.3) is 0 Å². The number of methoxy groups -OCH3 is 1. The molecule has 110 valence electrons. The first-order valence-corrected chi connectivity index (χ1v) is 7.56. The van der Waals surface area contributed by atoms with E-state index in [4.69, 9.17) is 4.74 Å². The van der Waals surface area contributed by atoms with Crippen LogP contribution in [0.25, 0.3) is 0 Å². The van der Waals surface area contributed by atoms with Crippen molar-refractivity contribution in [1.29, 1.82) is 0 Å². The molecule has 0 amide bonds. The van der Waals surface area contributed by atoms with Crippen molar-refractivity contribution >= 4 is 0 Å². The van der Waals surface area contributed by atoms with Crippen molar-refractivity contribution in [1.82, 2.24) is 14.9 Å². The molecule has 1 aliphatic heterocycles. The fourth-order valence-corrected chi connectivity index (χ4v) is 3.85. The molecular formula is C15H23N3O2. The Labute approximate surface area is 120 Å². The first-order chi connectivity index (χ1) is 9.78. The van der Waals surface area contributed by atoms with Gasteiger partial charge >= 0.3 is 0 Å². The van der Waals surface area contributed by atoms with Crippen LogP contribution in [0, 0.1) is 0 Å². The van der Waals surface area contributed by atoms with Gasteiger partial charge in [0, 0.05) is 12.4 Å². The van der Waals surface area contributed by atoms with Gasteiger partial charge in [0.05, 0.1) is 12.6 Å². The molecule has 0 aromatic carbocycles. The molecule has 2 heterocycles. The van der Waals surface area contributed by atoms with E-state index in [0.29, 0.717) is 11.6 Å². The van der Waals surface area contributed by atoms with Crippen LogP contribution in [0.2, 0.25) is 0 Å². The van der Waals surface area contributed by atoms with Gasteiger partial charge in [-0.15, -0.1) is 0 Å². The molecule has 3 rings (SSSR count). The molecule has 1 aromatic rings. The molecule has 2 fully saturated rings. The van der Waals surface area contributed by atoms with E-state index in [1.54, 1.807) is 19.5 Å². The van der Waals surface area contributed by atoms with Crippen LogP contribution in [0.4, 0.5) is 0 Å². The van der Waals surface area contributed by atoms with Crippen LogP contribution in [-0.4, -0.2) is 45.7 Å². The van der Waals surface area contributed by atoms with Crippen molar-refractivity contribution in [3.63, 3.8) is 0 Å². The number of likely N-dealkylation sites (tertiary alicyclic amines) is 1. The minimum absolute atomic E-state index is 0.167. The number of ether oxygens (including phenoxy) is 1. The second kappa shape index (κ2) is 5.66. The van der Waals surface area contributed by atoms with E-state index >= 15 is 0 Å². The first-order valence-electron chi connectivity index (χ1n) is 7.56. The van der Waals surface area contributed by atoms with Crippen LogP contribution in [0.1, 0.15) is 50.3 Å². The smallest absolute Gasteiger partial charge is 0.238 e. The van der Waals surface area contributed by atoms with Gasteiger partial charge in [0.15, 0.2) is 0 Å². The third kappa shape index (κ3) is 2.19. The zero-order chi connectivity index (χ0) is 14.0. The Bertz CT molecular complexity index is 454. The lowest BCUT2D eigenvalue weighted by molar-refractivity contribution is -0.0233. The zero-order valence-electron chi connectivity index (χ0n) is 12.1. The van der Waals surface area contributed by atoms with Crippen molar-refractivity contribution < 1.29 is 9.84 Å². The summed E-state index contributed by atoms with van der Waals surface area (Å²) >= 11 is 0. The second-order valence-corrected chi connectivity index (χ2v) is 5.86. The van der Waals surface area contributed by atoms with Crippen LogP contribution < -0.4 is 4.74 Å². The highest BCUT2D eigenvalue weighted by Gasteiger charge is 2.48. The van der Waals surface area contributed by atoms with Gasteiger partial charge in [0.2, 0.25) is 5.88 Å². The lowest BCUT2D eigenvalue weighted by Crippen LogP contribution is -2.50. The summed E-state index contributed by atoms with van der Waals surface area (Å²) in [4.78, 5) is 11.0. The molecule has 1 saturated carbocycles. The van der Waals surface area contributed by atoms with E-state index in [1.807, 2.05) is 0 Å². The SMILES string of the molecule is COc1nccnc1C(O)C1(N2CCCC2)CCCC1. The zero-order valence-corrected chi connectivity index (χ0v) is 12.1. The van der Waals surface area contributed by atoms with Gasteiger partial charge in [-0.3, -0.25) is 9.88 Å². The van der Waals surface area contributed by atoms with Gasteiger partial charge in [0.1, 0.15) is 11.8 Å². The van der Waals surface area contributed by atoms with E-state index in [1.165, 1.54) is 25.7 Å². The summed E-state index contributed by atoms with van der Waals surface area (Å²) in [5, 5.41) is 11.0. The minimum Gasteiger partial charge on any atom is -0.480 e. The maximum atomic E-state index is 11.0. The molecule has 0 radical (unpaired) electrons. The molecule has 0 bridgehead atoms. The summed E-state index contributed by atoms with van der Waals surface area (Å²) in [6, 6.07) is 0. The van der Waals surface area contributed by atoms with Crippen LogP contribution in [0.5, 0.6) is 5.88 Å². The highest BCUT2D eigenvalue weighted by atomic mass is 16.5. The Morgan fingerprint density at radius 2 is 1.80 bits per heavy atom. The Balaban J connectivity index is 1.94. The standard InChI is InChI=1S/C15H23N3O2/c1-20-14-12(16-8-9-17-14)13(19)15(6-2-3-7-15)18-10-4-5-11-18/h8-9,13,19H,2-7,10-11H2,1H3. The normalized spacial score (nSPS) is 23.9. The third-order valence-corrected chi connectivity index (χ3v) is 4.86. The van der Waals surface area contributed by atoms with E-state index in [-0.39, 0.29) is 5.54 Å². The minimum atomic E-state index is -0.619. The summed E-state index contributed by atoms with van der Waals surface area (Å²) in [7, 11) is 1.58. The first kappa shape index (κ1) is 13.8. The number of aliphatic hydroxyl groups is 1. The summed E-state index contributed by atoms with van der Waals surface area (Å²) < 4.78 is 5.28. The second-order valence-electron chi connectivity index (χ2n) is 5.86. The number of hydrogen-bond acceptors (Lipinski definition) is 5. The summed E-state index contributed by atoms with van der Waals surface area (Å²) in [6.45, 7) is 2.17. The molecule has 1 atom stereocenters. The lowest BCUT2D eigenvalue weighted by Gasteiger charge is -2.42. The van der Waals surface area contributed by atoms with Crippen molar-refractivity contribution in [3.8, 4) is 5.88 Å². The van der Waals surface area contributed by atoms with Gasteiger partial charge in [-0.05, 0) is 38.8 Å². The van der Waals surface area contributed by atoms with Crippen LogP contribution in [0.15, 0.2) is 12.4 Å². The number of aliphatic hydroxyl groups excluding tert-OH is 1. The van der Waals surface area contributed by atoms with Crippen molar-refractivity contribution in [2.45, 2.75) is 50.2 Å². The Morgan fingerprint density at radius 1 is 1.15 bits per heavy atom. The molecule has 1 aliphatic carbocycles. The lowest BCUT2D eigenvalue weighted by atomic mass is 9.86. The number of nitrogens with zero attached hydrogens (tertiary/aromatic N) is 3. The Hall–Kier alpha value is -1.20. The quantitative estimate of drug-likeness (QED) is 0.911. The van der Waals surface area contributed by atoms with E-state index in [2.05, 4.69) is 14.9 Å². The number of rotatable bonds is 4. The van der Waals surface area contributed by atoms with E-state index < -0.39 is 6.10 Å². The Kier molecular flexibility index (Phi) is 3.89. The molecule has 1 aromatic heterocycles. The van der Waals surface area contributed by atoms with E-state index in [9.17, 15) is 5.11 Å². The van der Waals surface area contributed by atoms with Crippen molar-refractivity contribution in [3.05, 3.63) is 18.1 Å². The predicted octanol–water partition coefficient (Wildman–Crippen LogP) is 1.93. The maximum Gasteiger partial charge on any atom is 0.238 e. The van der Waals surface area contributed by atoms with Crippen LogP contribution in [-0.2, 0) is 0 Å². The third-order valence-electron chi connectivity index (χ3n) is 4.86. The molecular weight excluding hydrogens is 254 g/mol. The van der Waals surface area contributed by atoms with Gasteiger partial charge in [-0.2, -0.15) is 0 Å². The fraction of sp³-hybridized carbons (Fsp3) is 0.733. The maximum absolute atomic E-state index is 11.0. The molecule has 1 unspecified atom stereocenters. The van der Waals surface area contributed by atoms with Gasteiger partial charge < -0.3 is 9.84 Å². The fourth-order valence-electron chi connectivity index (χ4n) is 3.85. The predicted molar refractivity (Wildman–Crippen MR) is 75.5 cm³/mol. The molecule has 1 saturated heterocycles. The summed E-state index contributed by atoms with van der Waals surface area (Å²) in [5.41, 5.74) is 0.420. The molecule has 5 heteroatoms. The van der Waals surface area contributed by atoms with Gasteiger partial charge in [-0.1, -0.05) is 12.8 Å². The van der Waals surface area contributed by atoms with Crippen LogP contribution >= 0.6 is 0 Å². The highest BCUT2D eigenvalue weighted by Crippen LogP contribution is 2.46. The largest absolute Gasteiger partial charge is 0.480 e. The highest BCUT2D eigenvalue weighted by molar-refractivity contribution is 5.24. The summed E-state index contributed by atoms with van der Waals surface area (Å²) in [6.07, 6.45) is 9.50. The Morgan fingerprint density at radius 3 is 2.45 bits per heavy atom. The van der Waals surface area contributed by atoms with E-state index in [0.717, 1.165) is 25.9 Å². The molecule has 1 N–H and O–H groups in total. The van der Waals surface area contributed by atoms with Gasteiger partial charge in [-0.25, -0.2) is 4.98 Å². The monoisotopic (exact) mass is 277 g/mol. The summed E-state index contributed by atoms with van der Waals surface area (Å²) in [5.74, 6) is 0.450. The molecule has 0 spiro atoms. The molecule has 5 nitrogen and oxygen atoms in total. The number of aromatic nitrogens is 2. The van der Waals surface area contributed by atoms with Crippen molar-refractivity contribution in [2.24, 2.45) is 0 Å². The van der Waals surface area contributed by atoms with Crippen molar-refractivity contribution in [2.75, 3.05) is 20.2 Å². The average molecular weight is 277 g/mol. The average Bonchev–Trinajstić information content (AvgIpc) is 3.17.